The molecule has 100 valence electrons. The van der Waals surface area contributed by atoms with E-state index in [1.807, 2.05) is 42.5 Å². The molecule has 4 heteroatoms. The number of hydrogen-bond acceptors (Lipinski definition) is 2. The molecule has 2 nitrogen and oxygen atoms in total. The van der Waals surface area contributed by atoms with E-state index >= 15 is 0 Å². The summed E-state index contributed by atoms with van der Waals surface area (Å²) in [6.45, 7) is 1.57. The maximum atomic E-state index is 12.9. The van der Waals surface area contributed by atoms with Crippen LogP contribution in [0.5, 0.6) is 0 Å². The van der Waals surface area contributed by atoms with E-state index in [0.29, 0.717) is 5.56 Å². The number of ketones is 2. The van der Waals surface area contributed by atoms with Crippen LogP contribution in [-0.2, 0) is 4.79 Å². The van der Waals surface area contributed by atoms with Gasteiger partial charge in [0.15, 0.2) is 0 Å². The van der Waals surface area contributed by atoms with Crippen molar-refractivity contribution >= 4 is 50.4 Å². The Morgan fingerprint density at radius 3 is 1.85 bits per heavy atom. The van der Waals surface area contributed by atoms with Crippen molar-refractivity contribution in [3.8, 4) is 0 Å². The average Bonchev–Trinajstić information content (AvgIpc) is 2.88. The predicted octanol–water partition coefficient (Wildman–Crippen LogP) is 0.947. The number of carbonyl (C=O) groups is 2. The molecule has 0 spiro atoms. The van der Waals surface area contributed by atoms with Crippen molar-refractivity contribution in [2.75, 3.05) is 0 Å². The van der Waals surface area contributed by atoms with Crippen molar-refractivity contribution in [1.82, 2.24) is 0 Å². The van der Waals surface area contributed by atoms with Crippen molar-refractivity contribution in [3.63, 3.8) is 0 Å². The van der Waals surface area contributed by atoms with E-state index in [1.54, 1.807) is 6.92 Å². The molecule has 2 aromatic carbocycles. The predicted molar refractivity (Wildman–Crippen MR) is 81.4 cm³/mol. The third kappa shape index (κ3) is 2.19. The van der Waals surface area contributed by atoms with Crippen LogP contribution in [0, 0.1) is 0 Å². The molecular formula is C16H12O2Se2. The van der Waals surface area contributed by atoms with E-state index in [-0.39, 0.29) is 41.5 Å². The molecule has 2 aromatic rings. The molecule has 0 fully saturated rings. The van der Waals surface area contributed by atoms with Gasteiger partial charge in [0, 0.05) is 0 Å². The minimum absolute atomic E-state index is 0.00167. The van der Waals surface area contributed by atoms with E-state index in [2.05, 4.69) is 12.1 Å². The van der Waals surface area contributed by atoms with Crippen molar-refractivity contribution in [1.29, 1.82) is 0 Å². The first-order valence-corrected chi connectivity index (χ1v) is 9.64. The summed E-state index contributed by atoms with van der Waals surface area (Å²) in [6.07, 6.45) is 0. The number of carbonyl (C=O) groups excluding carboxylic acids is 2. The van der Waals surface area contributed by atoms with Gasteiger partial charge in [-0.25, -0.2) is 0 Å². The van der Waals surface area contributed by atoms with Crippen LogP contribution >= 0.6 is 0 Å². The van der Waals surface area contributed by atoms with Crippen LogP contribution in [0.15, 0.2) is 54.6 Å². The first kappa shape index (κ1) is 13.8. The summed E-state index contributed by atoms with van der Waals surface area (Å²) in [5.41, 5.74) is 0.652. The number of fused-ring (bicyclic) bond motifs is 1. The molecule has 1 heterocycles. The quantitative estimate of drug-likeness (QED) is 0.442. The molecule has 0 amide bonds. The Kier molecular flexibility index (Phi) is 3.66. The first-order chi connectivity index (χ1) is 9.63. The number of Topliss-reactive ketones (excluding diaryl/α,β-unsaturated/α-hetero) is 2. The Balaban J connectivity index is 2.04. The van der Waals surface area contributed by atoms with Gasteiger partial charge in [-0.15, -0.1) is 0 Å². The van der Waals surface area contributed by atoms with Crippen LogP contribution < -0.4 is 8.92 Å². The second-order valence-corrected chi connectivity index (χ2v) is 11.1. The SMILES string of the molecule is CC(=O)C1(C(=O)c2ccccc2)[Se]c2ccccc2[Se]1. The number of benzene rings is 2. The van der Waals surface area contributed by atoms with E-state index in [9.17, 15) is 9.59 Å². The Hall–Kier alpha value is -1.18. The second-order valence-electron chi connectivity index (χ2n) is 4.52. The number of rotatable bonds is 3. The van der Waals surface area contributed by atoms with Gasteiger partial charge in [0.05, 0.1) is 0 Å². The van der Waals surface area contributed by atoms with Gasteiger partial charge in [-0.3, -0.25) is 0 Å². The van der Waals surface area contributed by atoms with Crippen molar-refractivity contribution in [2.45, 2.75) is 10.1 Å². The van der Waals surface area contributed by atoms with Gasteiger partial charge >= 0.3 is 130 Å². The third-order valence-electron chi connectivity index (χ3n) is 3.15. The van der Waals surface area contributed by atoms with Gasteiger partial charge in [-0.1, -0.05) is 0 Å². The molecule has 0 unspecified atom stereocenters. The molecule has 0 saturated carbocycles. The summed E-state index contributed by atoms with van der Waals surface area (Å²) in [7, 11) is 0. The Bertz CT molecular complexity index is 655. The summed E-state index contributed by atoms with van der Waals surface area (Å²) in [6, 6.07) is 17.3. The van der Waals surface area contributed by atoms with Gasteiger partial charge < -0.3 is 0 Å². The fourth-order valence-corrected chi connectivity index (χ4v) is 9.64. The van der Waals surface area contributed by atoms with Crippen molar-refractivity contribution in [2.24, 2.45) is 0 Å². The van der Waals surface area contributed by atoms with Crippen LogP contribution in [0.3, 0.4) is 0 Å². The van der Waals surface area contributed by atoms with Crippen LogP contribution in [0.4, 0.5) is 0 Å². The minimum atomic E-state index is -0.787. The normalized spacial score (nSPS) is 15.7. The van der Waals surface area contributed by atoms with E-state index in [0.717, 1.165) is 0 Å². The van der Waals surface area contributed by atoms with Gasteiger partial charge in [-0.05, 0) is 0 Å². The molecule has 0 aliphatic carbocycles. The van der Waals surface area contributed by atoms with Gasteiger partial charge in [0.1, 0.15) is 0 Å². The maximum absolute atomic E-state index is 12.9. The fraction of sp³-hybridized carbons (Fsp3) is 0.125. The average molecular weight is 394 g/mol. The Labute approximate surface area is 130 Å². The van der Waals surface area contributed by atoms with Gasteiger partial charge in [0.2, 0.25) is 0 Å². The summed E-state index contributed by atoms with van der Waals surface area (Å²) < 4.78 is 1.63. The van der Waals surface area contributed by atoms with Crippen LogP contribution in [0.1, 0.15) is 17.3 Å². The Morgan fingerprint density at radius 1 is 0.850 bits per heavy atom. The van der Waals surface area contributed by atoms with E-state index in [4.69, 9.17) is 0 Å². The molecule has 3 rings (SSSR count). The van der Waals surface area contributed by atoms with E-state index in [1.165, 1.54) is 8.92 Å². The molecule has 0 aromatic heterocycles. The summed E-state index contributed by atoms with van der Waals surface area (Å²) in [4.78, 5) is 25.2. The van der Waals surface area contributed by atoms with Crippen LogP contribution in [0.25, 0.3) is 0 Å². The molecule has 1 aliphatic rings. The summed E-state index contributed by atoms with van der Waals surface area (Å²) in [5, 5.41) is 0. The van der Waals surface area contributed by atoms with Crippen LogP contribution in [-0.4, -0.2) is 41.5 Å². The molecule has 0 radical (unpaired) electrons. The Morgan fingerprint density at radius 2 is 1.35 bits per heavy atom. The zero-order chi connectivity index (χ0) is 14.2. The van der Waals surface area contributed by atoms with Crippen molar-refractivity contribution in [3.05, 3.63) is 60.2 Å². The molecule has 20 heavy (non-hydrogen) atoms. The van der Waals surface area contributed by atoms with Crippen LogP contribution in [0.2, 0.25) is 3.21 Å². The molecular weight excluding hydrogens is 382 g/mol. The van der Waals surface area contributed by atoms with Gasteiger partial charge in [0.25, 0.3) is 0 Å². The summed E-state index contributed by atoms with van der Waals surface area (Å²) in [5.74, 6) is 0.0179. The molecule has 0 N–H and O–H groups in total. The van der Waals surface area contributed by atoms with Crippen molar-refractivity contribution < 1.29 is 9.59 Å². The molecule has 0 bridgehead atoms. The number of hydrogen-bond donors (Lipinski definition) is 0. The third-order valence-corrected chi connectivity index (χ3v) is 11.2. The van der Waals surface area contributed by atoms with Gasteiger partial charge in [-0.2, -0.15) is 0 Å². The van der Waals surface area contributed by atoms with E-state index < -0.39 is 3.21 Å². The topological polar surface area (TPSA) is 34.1 Å². The molecule has 1 aliphatic heterocycles. The zero-order valence-corrected chi connectivity index (χ0v) is 14.3. The second kappa shape index (κ2) is 5.31. The molecule has 0 saturated heterocycles. The first-order valence-electron chi connectivity index (χ1n) is 6.21. The zero-order valence-electron chi connectivity index (χ0n) is 10.8. The standard InChI is InChI=1S/C16H12O2Se2/c1-11(17)16(15(18)12-7-3-2-4-8-12)19-13-9-5-6-10-14(13)20-16/h2-10H,1H3. The monoisotopic (exact) mass is 396 g/mol. The fourth-order valence-electron chi connectivity index (χ4n) is 2.13. The molecule has 0 atom stereocenters. The summed E-state index contributed by atoms with van der Waals surface area (Å²) >= 11 is -0.218.